The monoisotopic (exact) mass is 342 g/mol. The first kappa shape index (κ1) is 15.9. The van der Waals surface area contributed by atoms with Crippen LogP contribution in [0.25, 0.3) is 0 Å². The highest BCUT2D eigenvalue weighted by Gasteiger charge is 2.23. The van der Waals surface area contributed by atoms with Crippen LogP contribution in [0.2, 0.25) is 0 Å². The van der Waals surface area contributed by atoms with Crippen molar-refractivity contribution in [1.82, 2.24) is 10.2 Å². The van der Waals surface area contributed by atoms with Crippen molar-refractivity contribution in [1.29, 1.82) is 0 Å². The predicted octanol–water partition coefficient (Wildman–Crippen LogP) is 3.97. The smallest absolute Gasteiger partial charge is 0.124 e. The summed E-state index contributed by atoms with van der Waals surface area (Å²) in [6.07, 6.45) is 2.26. The van der Waals surface area contributed by atoms with Gasteiger partial charge in [0.2, 0.25) is 0 Å². The van der Waals surface area contributed by atoms with Crippen molar-refractivity contribution in [2.45, 2.75) is 32.7 Å². The molecule has 20 heavy (non-hydrogen) atoms. The molecule has 2 rings (SSSR count). The zero-order valence-corrected chi connectivity index (χ0v) is 13.9. The summed E-state index contributed by atoms with van der Waals surface area (Å²) in [7, 11) is 0. The molecule has 2 nitrogen and oxygen atoms in total. The van der Waals surface area contributed by atoms with E-state index >= 15 is 0 Å². The average molecular weight is 343 g/mol. The summed E-state index contributed by atoms with van der Waals surface area (Å²) in [5, 5.41) is 3.38. The lowest BCUT2D eigenvalue weighted by Gasteiger charge is -2.35. The Labute approximate surface area is 129 Å². The maximum Gasteiger partial charge on any atom is 0.124 e. The first-order chi connectivity index (χ1) is 9.56. The normalized spacial score (nSPS) is 18.4. The first-order valence-electron chi connectivity index (χ1n) is 7.47. The van der Waals surface area contributed by atoms with Crippen LogP contribution in [-0.2, 0) is 0 Å². The van der Waals surface area contributed by atoms with E-state index in [9.17, 15) is 4.39 Å². The summed E-state index contributed by atoms with van der Waals surface area (Å²) < 4.78 is 14.5. The summed E-state index contributed by atoms with van der Waals surface area (Å²) in [4.78, 5) is 2.49. The molecular formula is C16H24BrFN2. The standard InChI is InChI=1S/C16H24BrFN2/c1-12(2)3-4-16(20-7-5-19-6-8-20)13-9-14(17)11-15(18)10-13/h9-12,16,19H,3-8H2,1-2H3/t16-/m0/s1. The van der Waals surface area contributed by atoms with Gasteiger partial charge in [-0.25, -0.2) is 4.39 Å². The molecule has 0 saturated carbocycles. The van der Waals surface area contributed by atoms with Gasteiger partial charge in [0.05, 0.1) is 0 Å². The van der Waals surface area contributed by atoms with Gasteiger partial charge in [-0.05, 0) is 42.5 Å². The second-order valence-corrected chi connectivity index (χ2v) is 6.89. The average Bonchev–Trinajstić information content (AvgIpc) is 2.38. The van der Waals surface area contributed by atoms with Gasteiger partial charge in [-0.1, -0.05) is 29.8 Å². The van der Waals surface area contributed by atoms with Gasteiger partial charge >= 0.3 is 0 Å². The van der Waals surface area contributed by atoms with Gasteiger partial charge in [0, 0.05) is 36.7 Å². The minimum Gasteiger partial charge on any atom is -0.314 e. The molecule has 0 aromatic heterocycles. The van der Waals surface area contributed by atoms with E-state index in [-0.39, 0.29) is 5.82 Å². The molecule has 0 aliphatic carbocycles. The molecule has 0 amide bonds. The molecule has 4 heteroatoms. The third kappa shape index (κ3) is 4.54. The second kappa shape index (κ2) is 7.53. The van der Waals surface area contributed by atoms with Crippen LogP contribution >= 0.6 is 15.9 Å². The molecule has 1 fully saturated rings. The zero-order chi connectivity index (χ0) is 14.5. The molecule has 0 radical (unpaired) electrons. The molecule has 1 aliphatic rings. The Morgan fingerprint density at radius 2 is 1.90 bits per heavy atom. The van der Waals surface area contributed by atoms with Crippen LogP contribution in [-0.4, -0.2) is 31.1 Å². The molecule has 1 aromatic carbocycles. The molecule has 112 valence electrons. The van der Waals surface area contributed by atoms with Gasteiger partial charge in [0.25, 0.3) is 0 Å². The van der Waals surface area contributed by atoms with Gasteiger partial charge in [-0.2, -0.15) is 0 Å². The Balaban J connectivity index is 2.19. The van der Waals surface area contributed by atoms with Gasteiger partial charge in [-0.15, -0.1) is 0 Å². The van der Waals surface area contributed by atoms with E-state index in [1.165, 1.54) is 12.5 Å². The number of rotatable bonds is 5. The Hall–Kier alpha value is -0.450. The fourth-order valence-electron chi connectivity index (χ4n) is 2.81. The van der Waals surface area contributed by atoms with Crippen molar-refractivity contribution in [3.63, 3.8) is 0 Å². The van der Waals surface area contributed by atoms with Crippen LogP contribution in [0.15, 0.2) is 22.7 Å². The largest absolute Gasteiger partial charge is 0.314 e. The van der Waals surface area contributed by atoms with Crippen molar-refractivity contribution < 1.29 is 4.39 Å². The first-order valence-corrected chi connectivity index (χ1v) is 8.26. The number of nitrogens with one attached hydrogen (secondary N) is 1. The van der Waals surface area contributed by atoms with Crippen LogP contribution in [0, 0.1) is 11.7 Å². The van der Waals surface area contributed by atoms with Crippen LogP contribution in [0.5, 0.6) is 0 Å². The summed E-state index contributed by atoms with van der Waals surface area (Å²) in [6.45, 7) is 8.61. The summed E-state index contributed by atoms with van der Waals surface area (Å²) in [6, 6.07) is 5.61. The second-order valence-electron chi connectivity index (χ2n) is 5.98. The molecule has 1 heterocycles. The highest BCUT2D eigenvalue weighted by atomic mass is 79.9. The van der Waals surface area contributed by atoms with E-state index in [4.69, 9.17) is 0 Å². The molecule has 0 unspecified atom stereocenters. The summed E-state index contributed by atoms with van der Waals surface area (Å²) >= 11 is 3.41. The topological polar surface area (TPSA) is 15.3 Å². The van der Waals surface area contributed by atoms with Gasteiger partial charge < -0.3 is 5.32 Å². The van der Waals surface area contributed by atoms with E-state index < -0.39 is 0 Å². The summed E-state index contributed by atoms with van der Waals surface area (Å²) in [5.74, 6) is 0.525. The van der Waals surface area contributed by atoms with Crippen LogP contribution < -0.4 is 5.32 Å². The third-order valence-corrected chi connectivity index (χ3v) is 4.34. The van der Waals surface area contributed by atoms with Crippen molar-refractivity contribution in [3.8, 4) is 0 Å². The number of benzene rings is 1. The molecule has 0 bridgehead atoms. The lowest BCUT2D eigenvalue weighted by Crippen LogP contribution is -2.45. The number of hydrogen-bond donors (Lipinski definition) is 1. The number of halogens is 2. The van der Waals surface area contributed by atoms with Crippen LogP contribution in [0.4, 0.5) is 4.39 Å². The number of hydrogen-bond acceptors (Lipinski definition) is 2. The van der Waals surface area contributed by atoms with Crippen molar-refractivity contribution in [2.24, 2.45) is 5.92 Å². The Morgan fingerprint density at radius 3 is 2.50 bits per heavy atom. The van der Waals surface area contributed by atoms with Gasteiger partial charge in [0.1, 0.15) is 5.82 Å². The highest BCUT2D eigenvalue weighted by molar-refractivity contribution is 9.10. The zero-order valence-electron chi connectivity index (χ0n) is 12.3. The fraction of sp³-hybridized carbons (Fsp3) is 0.625. The maximum absolute atomic E-state index is 13.7. The lowest BCUT2D eigenvalue weighted by molar-refractivity contribution is 0.159. The Morgan fingerprint density at radius 1 is 1.20 bits per heavy atom. The number of nitrogens with zero attached hydrogens (tertiary/aromatic N) is 1. The van der Waals surface area contributed by atoms with E-state index in [1.807, 2.05) is 0 Å². The van der Waals surface area contributed by atoms with E-state index in [1.54, 1.807) is 6.07 Å². The molecule has 0 spiro atoms. The van der Waals surface area contributed by atoms with Gasteiger partial charge in [0.15, 0.2) is 0 Å². The minimum absolute atomic E-state index is 0.154. The van der Waals surface area contributed by atoms with Crippen molar-refractivity contribution in [3.05, 3.63) is 34.1 Å². The molecule has 1 aliphatic heterocycles. The Bertz CT molecular complexity index is 410. The molecule has 1 N–H and O–H groups in total. The fourth-order valence-corrected chi connectivity index (χ4v) is 3.30. The van der Waals surface area contributed by atoms with Crippen LogP contribution in [0.3, 0.4) is 0 Å². The van der Waals surface area contributed by atoms with E-state index in [2.05, 4.69) is 46.1 Å². The molecule has 1 aromatic rings. The quantitative estimate of drug-likeness (QED) is 0.870. The van der Waals surface area contributed by atoms with E-state index in [0.29, 0.717) is 12.0 Å². The number of piperazine rings is 1. The van der Waals surface area contributed by atoms with E-state index in [0.717, 1.165) is 42.6 Å². The summed E-state index contributed by atoms with van der Waals surface area (Å²) in [5.41, 5.74) is 1.10. The minimum atomic E-state index is -0.154. The van der Waals surface area contributed by atoms with Crippen molar-refractivity contribution in [2.75, 3.05) is 26.2 Å². The maximum atomic E-state index is 13.7. The molecule has 1 saturated heterocycles. The Kier molecular flexibility index (Phi) is 6.00. The lowest BCUT2D eigenvalue weighted by atomic mass is 9.95. The van der Waals surface area contributed by atoms with Crippen LogP contribution in [0.1, 0.15) is 38.3 Å². The predicted molar refractivity (Wildman–Crippen MR) is 85.4 cm³/mol. The highest BCUT2D eigenvalue weighted by Crippen LogP contribution is 2.30. The SMILES string of the molecule is CC(C)CC[C@@H](c1cc(F)cc(Br)c1)N1CCNCC1. The molecule has 1 atom stereocenters. The van der Waals surface area contributed by atoms with Crippen molar-refractivity contribution >= 4 is 15.9 Å². The molecular weight excluding hydrogens is 319 g/mol. The van der Waals surface area contributed by atoms with Gasteiger partial charge in [-0.3, -0.25) is 4.90 Å². The third-order valence-electron chi connectivity index (χ3n) is 3.88.